The smallest absolute Gasteiger partial charge is 0.128 e. The Bertz CT molecular complexity index is 383. The molecule has 0 aromatic carbocycles. The third-order valence-corrected chi connectivity index (χ3v) is 3.76. The quantitative estimate of drug-likeness (QED) is 0.906. The summed E-state index contributed by atoms with van der Waals surface area (Å²) in [5, 5.41) is 3.62. The van der Waals surface area contributed by atoms with Crippen LogP contribution in [0.1, 0.15) is 39.2 Å². The predicted octanol–water partition coefficient (Wildman–Crippen LogP) is 2.99. The minimum absolute atomic E-state index is 0.232. The molecule has 3 heteroatoms. The van der Waals surface area contributed by atoms with E-state index in [0.717, 1.165) is 31.4 Å². The van der Waals surface area contributed by atoms with Crippen LogP contribution in [0.2, 0.25) is 0 Å². The molecule has 2 heterocycles. The summed E-state index contributed by atoms with van der Waals surface area (Å²) in [4.78, 5) is 6.93. The molecule has 1 saturated heterocycles. The van der Waals surface area contributed by atoms with E-state index in [1.807, 2.05) is 6.20 Å². The van der Waals surface area contributed by atoms with E-state index >= 15 is 0 Å². The summed E-state index contributed by atoms with van der Waals surface area (Å²) in [6.07, 6.45) is 4.49. The Kier molecular flexibility index (Phi) is 4.46. The minimum atomic E-state index is 0.232. The van der Waals surface area contributed by atoms with Gasteiger partial charge in [-0.2, -0.15) is 0 Å². The molecule has 0 saturated carbocycles. The largest absolute Gasteiger partial charge is 0.357 e. The first kappa shape index (κ1) is 14.3. The van der Waals surface area contributed by atoms with Gasteiger partial charge in [-0.1, -0.05) is 6.07 Å². The predicted molar refractivity (Wildman–Crippen MR) is 81.7 cm³/mol. The second-order valence-electron chi connectivity index (χ2n) is 6.76. The van der Waals surface area contributed by atoms with Crippen molar-refractivity contribution in [2.24, 2.45) is 5.92 Å². The molecule has 0 radical (unpaired) electrons. The Hall–Kier alpha value is -1.09. The number of pyridine rings is 1. The van der Waals surface area contributed by atoms with Crippen LogP contribution in [0.4, 0.5) is 5.82 Å². The molecule has 1 aliphatic heterocycles. The highest BCUT2D eigenvalue weighted by Gasteiger charge is 2.21. The van der Waals surface area contributed by atoms with Crippen molar-refractivity contribution in [1.29, 1.82) is 0 Å². The Morgan fingerprint density at radius 2 is 1.95 bits per heavy atom. The van der Waals surface area contributed by atoms with E-state index in [2.05, 4.69) is 55.0 Å². The molecule has 3 nitrogen and oxygen atoms in total. The van der Waals surface area contributed by atoms with Crippen molar-refractivity contribution in [2.75, 3.05) is 24.5 Å². The van der Waals surface area contributed by atoms with Crippen LogP contribution in [0.5, 0.6) is 0 Å². The van der Waals surface area contributed by atoms with E-state index in [9.17, 15) is 0 Å². The van der Waals surface area contributed by atoms with E-state index in [1.165, 1.54) is 18.4 Å². The highest BCUT2D eigenvalue weighted by atomic mass is 15.2. The van der Waals surface area contributed by atoms with E-state index in [1.54, 1.807) is 0 Å². The Morgan fingerprint density at radius 1 is 1.26 bits per heavy atom. The average Bonchev–Trinajstić information content (AvgIpc) is 2.37. The second-order valence-corrected chi connectivity index (χ2v) is 6.76. The maximum atomic E-state index is 4.52. The molecular formula is C16H27N3. The molecule has 1 aromatic rings. The fraction of sp³-hybridized carbons (Fsp3) is 0.688. The molecule has 0 aliphatic carbocycles. The molecule has 0 atom stereocenters. The van der Waals surface area contributed by atoms with Crippen molar-refractivity contribution in [3.63, 3.8) is 0 Å². The van der Waals surface area contributed by atoms with Gasteiger partial charge in [-0.3, -0.25) is 0 Å². The molecule has 19 heavy (non-hydrogen) atoms. The number of nitrogens with zero attached hydrogens (tertiary/aromatic N) is 2. The van der Waals surface area contributed by atoms with Crippen molar-refractivity contribution < 1.29 is 0 Å². The first-order valence-electron chi connectivity index (χ1n) is 7.37. The standard InChI is InChI=1S/C16H27N3/c1-13-5-6-15(17-11-13)19-9-7-14(8-10-19)12-18-16(2,3)4/h5-6,11,14,18H,7-10,12H2,1-4H3. The first-order chi connectivity index (χ1) is 8.94. The van der Waals surface area contributed by atoms with Gasteiger partial charge in [0.05, 0.1) is 0 Å². The average molecular weight is 261 g/mol. The molecule has 1 N–H and O–H groups in total. The van der Waals surface area contributed by atoms with Gasteiger partial charge in [-0.05, 0) is 64.6 Å². The molecule has 0 bridgehead atoms. The summed E-state index contributed by atoms with van der Waals surface area (Å²) in [6.45, 7) is 12.2. The number of aromatic nitrogens is 1. The zero-order chi connectivity index (χ0) is 13.9. The maximum Gasteiger partial charge on any atom is 0.128 e. The molecule has 1 aliphatic rings. The summed E-state index contributed by atoms with van der Waals surface area (Å²) < 4.78 is 0. The minimum Gasteiger partial charge on any atom is -0.357 e. The fourth-order valence-corrected chi connectivity index (χ4v) is 2.46. The summed E-state index contributed by atoms with van der Waals surface area (Å²) >= 11 is 0. The zero-order valence-corrected chi connectivity index (χ0v) is 12.7. The Balaban J connectivity index is 1.81. The number of hydrogen-bond acceptors (Lipinski definition) is 3. The van der Waals surface area contributed by atoms with Crippen molar-refractivity contribution in [3.05, 3.63) is 23.9 Å². The lowest BCUT2D eigenvalue weighted by Gasteiger charge is -2.34. The molecular weight excluding hydrogens is 234 g/mol. The fourth-order valence-electron chi connectivity index (χ4n) is 2.46. The number of aryl methyl sites for hydroxylation is 1. The van der Waals surface area contributed by atoms with Crippen molar-refractivity contribution in [3.8, 4) is 0 Å². The van der Waals surface area contributed by atoms with Gasteiger partial charge in [0.15, 0.2) is 0 Å². The summed E-state index contributed by atoms with van der Waals surface area (Å²) in [5.74, 6) is 1.94. The van der Waals surface area contributed by atoms with Gasteiger partial charge in [0.25, 0.3) is 0 Å². The van der Waals surface area contributed by atoms with Crippen LogP contribution in [-0.4, -0.2) is 30.2 Å². The number of rotatable bonds is 3. The third kappa shape index (κ3) is 4.50. The summed E-state index contributed by atoms with van der Waals surface area (Å²) in [6, 6.07) is 4.29. The van der Waals surface area contributed by atoms with Crippen molar-refractivity contribution in [1.82, 2.24) is 10.3 Å². The van der Waals surface area contributed by atoms with Gasteiger partial charge in [-0.15, -0.1) is 0 Å². The van der Waals surface area contributed by atoms with Crippen LogP contribution >= 0.6 is 0 Å². The zero-order valence-electron chi connectivity index (χ0n) is 12.7. The van der Waals surface area contributed by atoms with E-state index in [-0.39, 0.29) is 5.54 Å². The number of anilines is 1. The molecule has 1 aromatic heterocycles. The van der Waals surface area contributed by atoms with Gasteiger partial charge in [-0.25, -0.2) is 4.98 Å². The third-order valence-electron chi connectivity index (χ3n) is 3.76. The van der Waals surface area contributed by atoms with Gasteiger partial charge in [0.1, 0.15) is 5.82 Å². The lowest BCUT2D eigenvalue weighted by Crippen LogP contribution is -2.43. The molecule has 0 spiro atoms. The van der Waals surface area contributed by atoms with E-state index < -0.39 is 0 Å². The van der Waals surface area contributed by atoms with Crippen LogP contribution < -0.4 is 10.2 Å². The number of hydrogen-bond donors (Lipinski definition) is 1. The van der Waals surface area contributed by atoms with Crippen LogP contribution in [0.3, 0.4) is 0 Å². The van der Waals surface area contributed by atoms with E-state index in [0.29, 0.717) is 0 Å². The van der Waals surface area contributed by atoms with Crippen molar-refractivity contribution >= 4 is 5.82 Å². The lowest BCUT2D eigenvalue weighted by atomic mass is 9.95. The highest BCUT2D eigenvalue weighted by molar-refractivity contribution is 5.39. The molecule has 2 rings (SSSR count). The number of nitrogens with one attached hydrogen (secondary N) is 1. The lowest BCUT2D eigenvalue weighted by molar-refractivity contribution is 0.328. The van der Waals surface area contributed by atoms with Gasteiger partial charge in [0, 0.05) is 24.8 Å². The SMILES string of the molecule is Cc1ccc(N2CCC(CNC(C)(C)C)CC2)nc1. The van der Waals surface area contributed by atoms with Crippen molar-refractivity contribution in [2.45, 2.75) is 46.1 Å². The van der Waals surface area contributed by atoms with Gasteiger partial charge < -0.3 is 10.2 Å². The van der Waals surface area contributed by atoms with Crippen LogP contribution in [0.15, 0.2) is 18.3 Å². The Morgan fingerprint density at radius 3 is 2.47 bits per heavy atom. The van der Waals surface area contributed by atoms with Gasteiger partial charge in [0.2, 0.25) is 0 Å². The normalized spacial score (nSPS) is 17.8. The summed E-state index contributed by atoms with van der Waals surface area (Å²) in [5.41, 5.74) is 1.46. The molecule has 106 valence electrons. The van der Waals surface area contributed by atoms with Crippen LogP contribution in [-0.2, 0) is 0 Å². The molecule has 1 fully saturated rings. The van der Waals surface area contributed by atoms with E-state index in [4.69, 9.17) is 0 Å². The number of piperidine rings is 1. The van der Waals surface area contributed by atoms with Crippen LogP contribution in [0.25, 0.3) is 0 Å². The topological polar surface area (TPSA) is 28.2 Å². The monoisotopic (exact) mass is 261 g/mol. The maximum absolute atomic E-state index is 4.52. The highest BCUT2D eigenvalue weighted by Crippen LogP contribution is 2.21. The van der Waals surface area contributed by atoms with Gasteiger partial charge >= 0.3 is 0 Å². The second kappa shape index (κ2) is 5.91. The molecule has 0 amide bonds. The molecule has 0 unspecified atom stereocenters. The summed E-state index contributed by atoms with van der Waals surface area (Å²) in [7, 11) is 0. The first-order valence-corrected chi connectivity index (χ1v) is 7.37. The van der Waals surface area contributed by atoms with Crippen LogP contribution in [0, 0.1) is 12.8 Å². The Labute approximate surface area is 117 Å².